The van der Waals surface area contributed by atoms with Crippen molar-refractivity contribution < 1.29 is 0 Å². The molecule has 29 heavy (non-hydrogen) atoms. The summed E-state index contributed by atoms with van der Waals surface area (Å²) in [5, 5.41) is 21.2. The molecule has 0 bridgehead atoms. The molecule has 4 rings (SSSR count). The Morgan fingerprint density at radius 1 is 0.966 bits per heavy atom. The van der Waals surface area contributed by atoms with Crippen LogP contribution in [0.5, 0.6) is 0 Å². The van der Waals surface area contributed by atoms with Gasteiger partial charge in [0.1, 0.15) is 5.82 Å². The van der Waals surface area contributed by atoms with Gasteiger partial charge in [0.05, 0.1) is 17.1 Å². The van der Waals surface area contributed by atoms with Crippen molar-refractivity contribution in [2.45, 2.75) is 40.2 Å². The summed E-state index contributed by atoms with van der Waals surface area (Å²) in [4.78, 5) is 0. The monoisotopic (exact) mass is 387 g/mol. The van der Waals surface area contributed by atoms with Crippen LogP contribution in [0, 0.1) is 13.8 Å². The van der Waals surface area contributed by atoms with Gasteiger partial charge in [-0.15, -0.1) is 10.2 Å². The molecule has 0 amide bonds. The first-order chi connectivity index (χ1) is 14.0. The zero-order valence-corrected chi connectivity index (χ0v) is 17.2. The lowest BCUT2D eigenvalue weighted by atomic mass is 10.1. The molecule has 0 aliphatic rings. The molecular weight excluding hydrogens is 362 g/mol. The van der Waals surface area contributed by atoms with Crippen LogP contribution in [0.2, 0.25) is 0 Å². The van der Waals surface area contributed by atoms with Crippen molar-refractivity contribution in [1.29, 1.82) is 0 Å². The fourth-order valence-corrected chi connectivity index (χ4v) is 3.34. The zero-order valence-electron chi connectivity index (χ0n) is 17.2. The fourth-order valence-electron chi connectivity index (χ4n) is 3.34. The lowest BCUT2D eigenvalue weighted by Gasteiger charge is -2.08. The Morgan fingerprint density at radius 3 is 2.38 bits per heavy atom. The standard InChI is InChI=1S/C22H25N7/c1-15(2)22-18(14-28(27-22)19-8-6-5-7-9-19)13-23-20-10-11-21(25-24-20)29-17(4)12-16(3)26-29/h5-12,14-15H,13H2,1-4H3,(H,23,24). The topological polar surface area (TPSA) is 73.5 Å². The predicted octanol–water partition coefficient (Wildman–Crippen LogP) is 4.20. The Hall–Kier alpha value is -3.48. The van der Waals surface area contributed by atoms with Gasteiger partial charge in [0.2, 0.25) is 0 Å². The summed E-state index contributed by atoms with van der Waals surface area (Å²) in [5.41, 5.74) is 5.27. The first kappa shape index (κ1) is 18.9. The minimum atomic E-state index is 0.330. The van der Waals surface area contributed by atoms with Crippen molar-refractivity contribution in [3.05, 3.63) is 77.4 Å². The van der Waals surface area contributed by atoms with Gasteiger partial charge in [-0.1, -0.05) is 32.0 Å². The van der Waals surface area contributed by atoms with E-state index in [1.54, 1.807) is 4.68 Å². The number of anilines is 1. The molecule has 4 aromatic rings. The van der Waals surface area contributed by atoms with Crippen LogP contribution in [0.4, 0.5) is 5.82 Å². The Bertz CT molecular complexity index is 1090. The normalized spacial score (nSPS) is 11.2. The molecule has 0 unspecified atom stereocenters. The van der Waals surface area contributed by atoms with Crippen molar-refractivity contribution in [1.82, 2.24) is 29.8 Å². The van der Waals surface area contributed by atoms with E-state index in [0.717, 1.165) is 34.2 Å². The third-order valence-electron chi connectivity index (χ3n) is 4.73. The highest BCUT2D eigenvalue weighted by molar-refractivity contribution is 5.39. The van der Waals surface area contributed by atoms with Gasteiger partial charge in [0, 0.05) is 24.0 Å². The lowest BCUT2D eigenvalue weighted by Crippen LogP contribution is -2.07. The average molecular weight is 387 g/mol. The minimum Gasteiger partial charge on any atom is -0.364 e. The Kier molecular flexibility index (Phi) is 5.12. The largest absolute Gasteiger partial charge is 0.364 e. The van der Waals surface area contributed by atoms with Crippen molar-refractivity contribution in [3.63, 3.8) is 0 Å². The minimum absolute atomic E-state index is 0.330. The molecule has 148 valence electrons. The number of para-hydroxylation sites is 1. The summed E-state index contributed by atoms with van der Waals surface area (Å²) in [7, 11) is 0. The maximum Gasteiger partial charge on any atom is 0.176 e. The highest BCUT2D eigenvalue weighted by Crippen LogP contribution is 2.21. The van der Waals surface area contributed by atoms with E-state index in [0.29, 0.717) is 18.3 Å². The van der Waals surface area contributed by atoms with E-state index >= 15 is 0 Å². The Labute approximate surface area is 170 Å². The number of aromatic nitrogens is 6. The molecule has 7 nitrogen and oxygen atoms in total. The van der Waals surface area contributed by atoms with Crippen molar-refractivity contribution >= 4 is 5.82 Å². The van der Waals surface area contributed by atoms with E-state index in [-0.39, 0.29) is 0 Å². The van der Waals surface area contributed by atoms with E-state index in [1.165, 1.54) is 0 Å². The van der Waals surface area contributed by atoms with Gasteiger partial charge >= 0.3 is 0 Å². The van der Waals surface area contributed by atoms with Crippen LogP contribution in [-0.4, -0.2) is 29.8 Å². The summed E-state index contributed by atoms with van der Waals surface area (Å²) in [6.07, 6.45) is 2.08. The summed E-state index contributed by atoms with van der Waals surface area (Å²) in [6, 6.07) is 16.0. The Balaban J connectivity index is 1.51. The molecule has 0 atom stereocenters. The zero-order chi connectivity index (χ0) is 20.4. The number of nitrogens with one attached hydrogen (secondary N) is 1. The molecule has 0 saturated heterocycles. The molecule has 0 spiro atoms. The van der Waals surface area contributed by atoms with E-state index in [2.05, 4.69) is 52.8 Å². The summed E-state index contributed by atoms with van der Waals surface area (Å²) >= 11 is 0. The van der Waals surface area contributed by atoms with Gasteiger partial charge in [-0.3, -0.25) is 0 Å². The van der Waals surface area contributed by atoms with E-state index < -0.39 is 0 Å². The van der Waals surface area contributed by atoms with Gasteiger partial charge in [-0.2, -0.15) is 10.2 Å². The highest BCUT2D eigenvalue weighted by Gasteiger charge is 2.14. The van der Waals surface area contributed by atoms with Gasteiger partial charge in [-0.05, 0) is 50.1 Å². The second-order valence-electron chi connectivity index (χ2n) is 7.44. The van der Waals surface area contributed by atoms with Gasteiger partial charge < -0.3 is 5.32 Å². The van der Waals surface area contributed by atoms with Gasteiger partial charge in [0.25, 0.3) is 0 Å². The van der Waals surface area contributed by atoms with Crippen LogP contribution in [0.25, 0.3) is 11.5 Å². The molecule has 1 N–H and O–H groups in total. The van der Waals surface area contributed by atoms with E-state index in [9.17, 15) is 0 Å². The molecule has 0 fully saturated rings. The second kappa shape index (κ2) is 7.87. The summed E-state index contributed by atoms with van der Waals surface area (Å²) in [5.74, 6) is 1.76. The van der Waals surface area contributed by atoms with E-state index in [1.807, 2.05) is 54.9 Å². The smallest absolute Gasteiger partial charge is 0.176 e. The number of nitrogens with zero attached hydrogens (tertiary/aromatic N) is 6. The predicted molar refractivity (Wildman–Crippen MR) is 114 cm³/mol. The number of hydrogen-bond acceptors (Lipinski definition) is 5. The highest BCUT2D eigenvalue weighted by atomic mass is 15.4. The number of benzene rings is 1. The maximum absolute atomic E-state index is 4.79. The second-order valence-corrected chi connectivity index (χ2v) is 7.44. The van der Waals surface area contributed by atoms with Crippen LogP contribution in [0.1, 0.15) is 42.4 Å². The lowest BCUT2D eigenvalue weighted by molar-refractivity contribution is 0.762. The molecule has 7 heteroatoms. The maximum atomic E-state index is 4.79. The summed E-state index contributed by atoms with van der Waals surface area (Å²) in [6.45, 7) is 8.92. The molecule has 1 aromatic carbocycles. The van der Waals surface area contributed by atoms with Crippen LogP contribution in [0.3, 0.4) is 0 Å². The van der Waals surface area contributed by atoms with Crippen molar-refractivity contribution in [2.75, 3.05) is 5.32 Å². The quantitative estimate of drug-likeness (QED) is 0.537. The molecule has 3 heterocycles. The van der Waals surface area contributed by atoms with Crippen molar-refractivity contribution in [2.24, 2.45) is 0 Å². The van der Waals surface area contributed by atoms with Gasteiger partial charge in [-0.25, -0.2) is 9.36 Å². The molecule has 0 aliphatic heterocycles. The first-order valence-corrected chi connectivity index (χ1v) is 9.76. The number of rotatable bonds is 6. The van der Waals surface area contributed by atoms with Crippen LogP contribution in [0.15, 0.2) is 54.7 Å². The van der Waals surface area contributed by atoms with Crippen LogP contribution in [-0.2, 0) is 6.54 Å². The molecule has 3 aromatic heterocycles. The molecular formula is C22H25N7. The first-order valence-electron chi connectivity index (χ1n) is 9.76. The third kappa shape index (κ3) is 4.03. The van der Waals surface area contributed by atoms with E-state index in [4.69, 9.17) is 5.10 Å². The molecule has 0 saturated carbocycles. The fraction of sp³-hybridized carbons (Fsp3) is 0.273. The number of hydrogen-bond donors (Lipinski definition) is 1. The number of aryl methyl sites for hydroxylation is 2. The molecule has 0 radical (unpaired) electrons. The van der Waals surface area contributed by atoms with Gasteiger partial charge in [0.15, 0.2) is 5.82 Å². The SMILES string of the molecule is Cc1cc(C)n(-c2ccc(NCc3cn(-c4ccccc4)nc3C(C)C)nn2)n1. The van der Waals surface area contributed by atoms with Crippen LogP contribution < -0.4 is 5.32 Å². The average Bonchev–Trinajstić information content (AvgIpc) is 3.30. The van der Waals surface area contributed by atoms with Crippen LogP contribution >= 0.6 is 0 Å². The Morgan fingerprint density at radius 2 is 1.76 bits per heavy atom. The summed E-state index contributed by atoms with van der Waals surface area (Å²) < 4.78 is 3.73. The van der Waals surface area contributed by atoms with Crippen molar-refractivity contribution in [3.8, 4) is 11.5 Å². The molecule has 0 aliphatic carbocycles. The third-order valence-corrected chi connectivity index (χ3v) is 4.73.